The lowest BCUT2D eigenvalue weighted by Crippen LogP contribution is -2.30. The molecule has 20 heavy (non-hydrogen) atoms. The van der Waals surface area contributed by atoms with Gasteiger partial charge in [-0.2, -0.15) is 0 Å². The molecule has 0 saturated heterocycles. The Morgan fingerprint density at radius 1 is 1.40 bits per heavy atom. The van der Waals surface area contributed by atoms with Gasteiger partial charge >= 0.3 is 5.69 Å². The number of carbonyl (C=O) groups excluding carboxylic acids is 1. The van der Waals surface area contributed by atoms with Gasteiger partial charge in [0.1, 0.15) is 11.5 Å². The topological polar surface area (TPSA) is 95.2 Å². The summed E-state index contributed by atoms with van der Waals surface area (Å²) < 4.78 is 8.66. The number of amides is 1. The maximum Gasteiger partial charge on any atom is 0.328 e. The van der Waals surface area contributed by atoms with Crippen LogP contribution in [0.4, 0.5) is 0 Å². The molecule has 0 spiro atoms. The van der Waals surface area contributed by atoms with E-state index in [-0.39, 0.29) is 12.2 Å². The largest absolute Gasteiger partial charge is 0.464 e. The maximum atomic E-state index is 12.0. The third kappa shape index (κ3) is 2.67. The first-order valence-electron chi connectivity index (χ1n) is 6.42. The summed E-state index contributed by atoms with van der Waals surface area (Å²) in [6, 6.07) is 1.60. The smallest absolute Gasteiger partial charge is 0.328 e. The van der Waals surface area contributed by atoms with Crippen LogP contribution in [0.25, 0.3) is 0 Å². The van der Waals surface area contributed by atoms with Crippen molar-refractivity contribution in [3.05, 3.63) is 46.0 Å². The molecule has 0 bridgehead atoms. The molecular weight excluding hydrogens is 260 g/mol. The van der Waals surface area contributed by atoms with Crippen LogP contribution >= 0.6 is 0 Å². The van der Waals surface area contributed by atoms with E-state index >= 15 is 0 Å². The summed E-state index contributed by atoms with van der Waals surface area (Å²) in [6.07, 6.45) is 4.35. The molecule has 0 aliphatic carbocycles. The average Bonchev–Trinajstić information content (AvgIpc) is 2.96. The Balaban J connectivity index is 2.23. The van der Waals surface area contributed by atoms with Crippen LogP contribution < -0.4 is 17.0 Å². The highest BCUT2D eigenvalue weighted by molar-refractivity contribution is 5.94. The lowest BCUT2D eigenvalue weighted by molar-refractivity contribution is 0.0952. The summed E-state index contributed by atoms with van der Waals surface area (Å²) >= 11 is 0. The normalized spacial score (nSPS) is 10.8. The van der Waals surface area contributed by atoms with Crippen molar-refractivity contribution in [2.75, 3.05) is 0 Å². The standard InChI is InChI=1S/C13H18N4O3/c1-3-4-16-5-6-17(13(16)19)8-10-7-11(9(2)20-10)12(18)15-14/h5-7H,3-4,8,14H2,1-2H3,(H,15,18). The fraction of sp³-hybridized carbons (Fsp3) is 0.385. The van der Waals surface area contributed by atoms with Crippen LogP contribution in [-0.2, 0) is 13.1 Å². The highest BCUT2D eigenvalue weighted by Crippen LogP contribution is 2.15. The zero-order valence-electron chi connectivity index (χ0n) is 11.5. The molecule has 0 saturated carbocycles. The van der Waals surface area contributed by atoms with Crippen molar-refractivity contribution in [3.8, 4) is 0 Å². The quantitative estimate of drug-likeness (QED) is 0.476. The Morgan fingerprint density at radius 2 is 2.10 bits per heavy atom. The first-order valence-corrected chi connectivity index (χ1v) is 6.42. The third-order valence-corrected chi connectivity index (χ3v) is 3.05. The first-order chi connectivity index (χ1) is 9.56. The zero-order chi connectivity index (χ0) is 14.7. The number of aromatic nitrogens is 2. The molecule has 108 valence electrons. The lowest BCUT2D eigenvalue weighted by atomic mass is 10.2. The molecule has 0 fully saturated rings. The van der Waals surface area contributed by atoms with Gasteiger partial charge in [-0.15, -0.1) is 0 Å². The average molecular weight is 278 g/mol. The summed E-state index contributed by atoms with van der Waals surface area (Å²) in [5.74, 6) is 5.70. The monoisotopic (exact) mass is 278 g/mol. The van der Waals surface area contributed by atoms with E-state index in [0.29, 0.717) is 23.6 Å². The number of imidazole rings is 1. The summed E-state index contributed by atoms with van der Waals surface area (Å²) in [6.45, 7) is 4.66. The number of furan rings is 1. The molecule has 1 amide bonds. The van der Waals surface area contributed by atoms with Gasteiger partial charge in [0, 0.05) is 18.9 Å². The second-order valence-corrected chi connectivity index (χ2v) is 4.56. The van der Waals surface area contributed by atoms with E-state index in [1.54, 1.807) is 30.0 Å². The Bertz CT molecular complexity index is 665. The van der Waals surface area contributed by atoms with Gasteiger partial charge in [-0.25, -0.2) is 10.6 Å². The Kier molecular flexibility index (Phi) is 4.09. The number of nitrogens with zero attached hydrogens (tertiary/aromatic N) is 2. The van der Waals surface area contributed by atoms with Gasteiger partial charge in [0.05, 0.1) is 12.1 Å². The summed E-state index contributed by atoms with van der Waals surface area (Å²) in [5.41, 5.74) is 2.35. The van der Waals surface area contributed by atoms with Crippen molar-refractivity contribution < 1.29 is 9.21 Å². The van der Waals surface area contributed by atoms with Crippen molar-refractivity contribution in [3.63, 3.8) is 0 Å². The van der Waals surface area contributed by atoms with Crippen LogP contribution in [0.1, 0.15) is 35.2 Å². The number of nitrogen functional groups attached to an aromatic ring is 1. The van der Waals surface area contributed by atoms with Crippen LogP contribution in [0, 0.1) is 6.92 Å². The number of nitrogens with two attached hydrogens (primary N) is 1. The van der Waals surface area contributed by atoms with Crippen molar-refractivity contribution in [1.82, 2.24) is 14.6 Å². The van der Waals surface area contributed by atoms with E-state index in [4.69, 9.17) is 10.3 Å². The van der Waals surface area contributed by atoms with Crippen molar-refractivity contribution in [2.24, 2.45) is 5.84 Å². The van der Waals surface area contributed by atoms with Crippen molar-refractivity contribution in [1.29, 1.82) is 0 Å². The van der Waals surface area contributed by atoms with Gasteiger partial charge in [0.2, 0.25) is 0 Å². The van der Waals surface area contributed by atoms with Crippen LogP contribution in [0.2, 0.25) is 0 Å². The number of carbonyl (C=O) groups is 1. The molecule has 0 aliphatic heterocycles. The minimum Gasteiger partial charge on any atom is -0.464 e. The number of hydrazine groups is 1. The SMILES string of the molecule is CCCn1ccn(Cc2cc(C(=O)NN)c(C)o2)c1=O. The Hall–Kier alpha value is -2.28. The predicted molar refractivity (Wildman–Crippen MR) is 73.2 cm³/mol. The number of hydrogen-bond acceptors (Lipinski definition) is 4. The van der Waals surface area contributed by atoms with E-state index in [9.17, 15) is 9.59 Å². The number of aryl methyl sites for hydroxylation is 2. The lowest BCUT2D eigenvalue weighted by Gasteiger charge is -1.98. The van der Waals surface area contributed by atoms with Gasteiger partial charge in [0.15, 0.2) is 0 Å². The molecule has 0 aromatic carbocycles. The molecule has 0 radical (unpaired) electrons. The highest BCUT2D eigenvalue weighted by atomic mass is 16.3. The number of rotatable bonds is 5. The highest BCUT2D eigenvalue weighted by Gasteiger charge is 2.15. The van der Waals surface area contributed by atoms with Crippen molar-refractivity contribution >= 4 is 5.91 Å². The van der Waals surface area contributed by atoms with Gasteiger partial charge in [0.25, 0.3) is 5.91 Å². The van der Waals surface area contributed by atoms with Gasteiger partial charge < -0.3 is 4.42 Å². The second-order valence-electron chi connectivity index (χ2n) is 4.56. The van der Waals surface area contributed by atoms with Crippen LogP contribution in [0.15, 0.2) is 27.7 Å². The maximum absolute atomic E-state index is 12.0. The molecule has 0 atom stereocenters. The summed E-state index contributed by atoms with van der Waals surface area (Å²) in [7, 11) is 0. The number of nitrogens with one attached hydrogen (secondary N) is 1. The minimum atomic E-state index is -0.409. The molecule has 0 aliphatic rings. The molecule has 2 aromatic rings. The molecule has 2 aromatic heterocycles. The van der Waals surface area contributed by atoms with Gasteiger partial charge in [-0.05, 0) is 19.4 Å². The Morgan fingerprint density at radius 3 is 2.75 bits per heavy atom. The van der Waals surface area contributed by atoms with E-state index in [1.807, 2.05) is 6.92 Å². The Labute approximate surface area is 116 Å². The van der Waals surface area contributed by atoms with E-state index in [2.05, 4.69) is 5.43 Å². The third-order valence-electron chi connectivity index (χ3n) is 3.05. The minimum absolute atomic E-state index is 0.0919. The molecule has 7 nitrogen and oxygen atoms in total. The van der Waals surface area contributed by atoms with E-state index in [0.717, 1.165) is 6.42 Å². The predicted octanol–water partition coefficient (Wildman–Crippen LogP) is 0.613. The molecular formula is C13H18N4O3. The van der Waals surface area contributed by atoms with E-state index < -0.39 is 5.91 Å². The molecule has 2 heterocycles. The van der Waals surface area contributed by atoms with Crippen LogP contribution in [0.5, 0.6) is 0 Å². The molecule has 2 rings (SSSR count). The van der Waals surface area contributed by atoms with Crippen LogP contribution in [-0.4, -0.2) is 15.0 Å². The van der Waals surface area contributed by atoms with Crippen LogP contribution in [0.3, 0.4) is 0 Å². The van der Waals surface area contributed by atoms with E-state index in [1.165, 1.54) is 4.57 Å². The number of hydrogen-bond donors (Lipinski definition) is 2. The summed E-state index contributed by atoms with van der Waals surface area (Å²) in [4.78, 5) is 23.5. The molecule has 3 N–H and O–H groups in total. The first kappa shape index (κ1) is 14.1. The second kappa shape index (κ2) is 5.79. The zero-order valence-corrected chi connectivity index (χ0v) is 11.5. The fourth-order valence-corrected chi connectivity index (χ4v) is 2.08. The fourth-order valence-electron chi connectivity index (χ4n) is 2.08. The van der Waals surface area contributed by atoms with Crippen molar-refractivity contribution in [2.45, 2.75) is 33.4 Å². The summed E-state index contributed by atoms with van der Waals surface area (Å²) in [5, 5.41) is 0. The molecule has 0 unspecified atom stereocenters. The van der Waals surface area contributed by atoms with Gasteiger partial charge in [-0.1, -0.05) is 6.92 Å². The molecule has 7 heteroatoms. The van der Waals surface area contributed by atoms with Gasteiger partial charge in [-0.3, -0.25) is 19.4 Å².